The Morgan fingerprint density at radius 1 is 1.24 bits per heavy atom. The highest BCUT2D eigenvalue weighted by atomic mass is 35.5. The van der Waals surface area contributed by atoms with Crippen molar-refractivity contribution in [3.63, 3.8) is 0 Å². The molecule has 0 radical (unpaired) electrons. The number of hydrogen-bond acceptors (Lipinski definition) is 1. The van der Waals surface area contributed by atoms with E-state index in [9.17, 15) is 0 Å². The predicted molar refractivity (Wildman–Crippen MR) is 93.1 cm³/mol. The zero-order valence-corrected chi connectivity index (χ0v) is 14.5. The molecule has 1 aromatic carbocycles. The third kappa shape index (κ3) is 4.72. The molecule has 21 heavy (non-hydrogen) atoms. The van der Waals surface area contributed by atoms with Gasteiger partial charge in [0, 0.05) is 11.1 Å². The summed E-state index contributed by atoms with van der Waals surface area (Å²) in [6.45, 7) is 7.70. The van der Waals surface area contributed by atoms with Gasteiger partial charge in [0.15, 0.2) is 0 Å². The van der Waals surface area contributed by atoms with Crippen LogP contribution in [-0.4, -0.2) is 12.6 Å². The van der Waals surface area contributed by atoms with Crippen LogP contribution >= 0.6 is 11.6 Å². The zero-order valence-electron chi connectivity index (χ0n) is 13.8. The number of hydrogen-bond donors (Lipinski definition) is 1. The molecule has 0 heterocycles. The maximum absolute atomic E-state index is 6.45. The van der Waals surface area contributed by atoms with E-state index in [4.69, 9.17) is 11.6 Å². The van der Waals surface area contributed by atoms with E-state index in [0.717, 1.165) is 29.8 Å². The summed E-state index contributed by atoms with van der Waals surface area (Å²) in [4.78, 5) is 0. The third-order valence-electron chi connectivity index (χ3n) is 4.94. The summed E-state index contributed by atoms with van der Waals surface area (Å²) in [6.07, 6.45) is 7.90. The molecular weight excluding hydrogens is 278 g/mol. The molecule has 0 aliphatic heterocycles. The Hall–Kier alpha value is -0.530. The molecule has 3 unspecified atom stereocenters. The number of rotatable bonds is 6. The lowest BCUT2D eigenvalue weighted by atomic mass is 9.74. The van der Waals surface area contributed by atoms with Gasteiger partial charge in [0.2, 0.25) is 0 Å². The Balaban J connectivity index is 2.07. The molecule has 3 atom stereocenters. The van der Waals surface area contributed by atoms with E-state index in [2.05, 4.69) is 44.3 Å². The standard InChI is InChI=1S/C19H30ClN/c1-4-6-15-8-10-19(21-5-2)17(12-15)13-16-9-7-14(3)11-18(16)20/h7,9,11,15,17,19,21H,4-6,8,10,12-13H2,1-3H3. The van der Waals surface area contributed by atoms with Crippen LogP contribution in [0.3, 0.4) is 0 Å². The topological polar surface area (TPSA) is 12.0 Å². The average molecular weight is 308 g/mol. The Morgan fingerprint density at radius 2 is 2.05 bits per heavy atom. The summed E-state index contributed by atoms with van der Waals surface area (Å²) in [7, 11) is 0. The van der Waals surface area contributed by atoms with Gasteiger partial charge in [-0.3, -0.25) is 0 Å². The lowest BCUT2D eigenvalue weighted by Crippen LogP contribution is -2.41. The monoisotopic (exact) mass is 307 g/mol. The molecule has 1 aliphatic rings. The number of nitrogens with one attached hydrogen (secondary N) is 1. The first-order valence-electron chi connectivity index (χ1n) is 8.62. The van der Waals surface area contributed by atoms with Crippen molar-refractivity contribution < 1.29 is 0 Å². The van der Waals surface area contributed by atoms with Crippen molar-refractivity contribution in [2.75, 3.05) is 6.54 Å². The zero-order chi connectivity index (χ0) is 15.2. The molecule has 1 saturated carbocycles. The van der Waals surface area contributed by atoms with Gasteiger partial charge in [-0.25, -0.2) is 0 Å². The summed E-state index contributed by atoms with van der Waals surface area (Å²) in [6, 6.07) is 7.19. The smallest absolute Gasteiger partial charge is 0.0440 e. The fraction of sp³-hybridized carbons (Fsp3) is 0.684. The number of halogens is 1. The normalized spacial score (nSPS) is 26.0. The van der Waals surface area contributed by atoms with Crippen LogP contribution < -0.4 is 5.32 Å². The lowest BCUT2D eigenvalue weighted by molar-refractivity contribution is 0.195. The van der Waals surface area contributed by atoms with E-state index in [1.807, 2.05) is 0 Å². The van der Waals surface area contributed by atoms with Crippen LogP contribution in [-0.2, 0) is 6.42 Å². The highest BCUT2D eigenvalue weighted by Crippen LogP contribution is 2.35. The minimum absolute atomic E-state index is 0.667. The molecular formula is C19H30ClN. The molecule has 1 aliphatic carbocycles. The highest BCUT2D eigenvalue weighted by Gasteiger charge is 2.29. The van der Waals surface area contributed by atoms with Gasteiger partial charge in [0.1, 0.15) is 0 Å². The number of aryl methyl sites for hydroxylation is 1. The van der Waals surface area contributed by atoms with E-state index < -0.39 is 0 Å². The molecule has 118 valence electrons. The van der Waals surface area contributed by atoms with Crippen molar-refractivity contribution >= 4 is 11.6 Å². The van der Waals surface area contributed by atoms with Crippen LogP contribution in [0.1, 0.15) is 57.1 Å². The van der Waals surface area contributed by atoms with Gasteiger partial charge in [0.25, 0.3) is 0 Å². The maximum Gasteiger partial charge on any atom is 0.0440 e. The molecule has 0 aromatic heterocycles. The van der Waals surface area contributed by atoms with Crippen LogP contribution in [0.25, 0.3) is 0 Å². The minimum Gasteiger partial charge on any atom is -0.314 e. The molecule has 0 spiro atoms. The summed E-state index contributed by atoms with van der Waals surface area (Å²) in [5, 5.41) is 4.65. The van der Waals surface area contributed by atoms with Gasteiger partial charge in [-0.05, 0) is 68.2 Å². The molecule has 0 bridgehead atoms. The minimum atomic E-state index is 0.667. The lowest BCUT2D eigenvalue weighted by Gasteiger charge is -2.37. The second-order valence-corrected chi connectivity index (χ2v) is 7.10. The van der Waals surface area contributed by atoms with Crippen molar-refractivity contribution in [1.82, 2.24) is 5.32 Å². The molecule has 0 saturated heterocycles. The van der Waals surface area contributed by atoms with Crippen molar-refractivity contribution in [2.24, 2.45) is 11.8 Å². The van der Waals surface area contributed by atoms with Gasteiger partial charge in [0.05, 0.1) is 0 Å². The Bertz CT molecular complexity index is 443. The third-order valence-corrected chi connectivity index (χ3v) is 5.30. The van der Waals surface area contributed by atoms with Crippen LogP contribution in [0.4, 0.5) is 0 Å². The highest BCUT2D eigenvalue weighted by molar-refractivity contribution is 6.31. The summed E-state index contributed by atoms with van der Waals surface area (Å²) < 4.78 is 0. The molecule has 1 N–H and O–H groups in total. The largest absolute Gasteiger partial charge is 0.314 e. The SMILES string of the molecule is CCCC1CCC(NCC)C(Cc2ccc(C)cc2Cl)C1. The van der Waals surface area contributed by atoms with E-state index >= 15 is 0 Å². The van der Waals surface area contributed by atoms with E-state index in [0.29, 0.717) is 6.04 Å². The van der Waals surface area contributed by atoms with Crippen LogP contribution in [0.15, 0.2) is 18.2 Å². The first-order valence-corrected chi connectivity index (χ1v) is 9.00. The van der Waals surface area contributed by atoms with Gasteiger partial charge < -0.3 is 5.32 Å². The summed E-state index contributed by atoms with van der Waals surface area (Å²) in [5.74, 6) is 1.65. The molecule has 2 rings (SSSR count). The van der Waals surface area contributed by atoms with Crippen LogP contribution in [0.2, 0.25) is 5.02 Å². The van der Waals surface area contributed by atoms with Gasteiger partial charge in [-0.2, -0.15) is 0 Å². The molecule has 0 amide bonds. The van der Waals surface area contributed by atoms with Crippen molar-refractivity contribution in [1.29, 1.82) is 0 Å². The van der Waals surface area contributed by atoms with Gasteiger partial charge >= 0.3 is 0 Å². The Kier molecular flexibility index (Phi) is 6.57. The van der Waals surface area contributed by atoms with Crippen molar-refractivity contribution in [3.05, 3.63) is 34.3 Å². The van der Waals surface area contributed by atoms with Crippen LogP contribution in [0, 0.1) is 18.8 Å². The maximum atomic E-state index is 6.45. The van der Waals surface area contributed by atoms with E-state index in [1.165, 1.54) is 43.2 Å². The molecule has 2 heteroatoms. The van der Waals surface area contributed by atoms with Gasteiger partial charge in [-0.1, -0.05) is 50.4 Å². The van der Waals surface area contributed by atoms with Crippen LogP contribution in [0.5, 0.6) is 0 Å². The Morgan fingerprint density at radius 3 is 2.71 bits per heavy atom. The molecule has 1 fully saturated rings. The first-order chi connectivity index (χ1) is 10.1. The molecule has 1 nitrogen and oxygen atoms in total. The van der Waals surface area contributed by atoms with E-state index in [-0.39, 0.29) is 0 Å². The Labute approximate surface area is 135 Å². The second-order valence-electron chi connectivity index (χ2n) is 6.69. The van der Waals surface area contributed by atoms with Crippen molar-refractivity contribution in [2.45, 2.75) is 65.3 Å². The quantitative estimate of drug-likeness (QED) is 0.743. The summed E-state index contributed by atoms with van der Waals surface area (Å²) in [5.41, 5.74) is 2.58. The fourth-order valence-corrected chi connectivity index (χ4v) is 4.20. The van der Waals surface area contributed by atoms with E-state index in [1.54, 1.807) is 0 Å². The second kappa shape index (κ2) is 8.19. The average Bonchev–Trinajstić information content (AvgIpc) is 2.45. The van der Waals surface area contributed by atoms with Gasteiger partial charge in [-0.15, -0.1) is 0 Å². The first kappa shape index (κ1) is 16.8. The summed E-state index contributed by atoms with van der Waals surface area (Å²) >= 11 is 6.45. The molecule has 1 aromatic rings. The number of benzene rings is 1. The van der Waals surface area contributed by atoms with Crippen molar-refractivity contribution in [3.8, 4) is 0 Å². The predicted octanol–water partition coefficient (Wildman–Crippen LogP) is 5.39. The fourth-order valence-electron chi connectivity index (χ4n) is 3.89.